The zero-order chi connectivity index (χ0) is 15.1. The summed E-state index contributed by atoms with van der Waals surface area (Å²) in [5.41, 5.74) is 0.333. The zero-order valence-corrected chi connectivity index (χ0v) is 14.0. The molecule has 1 aliphatic heterocycles. The van der Waals surface area contributed by atoms with Crippen molar-refractivity contribution in [1.82, 2.24) is 10.6 Å². The fourth-order valence-electron chi connectivity index (χ4n) is 4.31. The van der Waals surface area contributed by atoms with Crippen LogP contribution in [0.5, 0.6) is 0 Å². The van der Waals surface area contributed by atoms with Crippen molar-refractivity contribution >= 4 is 5.91 Å². The molecule has 1 spiro atoms. The molecule has 21 heavy (non-hydrogen) atoms. The normalized spacial score (nSPS) is 25.2. The van der Waals surface area contributed by atoms with Gasteiger partial charge in [0, 0.05) is 17.5 Å². The molecule has 0 bridgehead atoms. The van der Waals surface area contributed by atoms with E-state index in [1.54, 1.807) is 0 Å². The lowest BCUT2D eigenvalue weighted by Gasteiger charge is -2.45. The quantitative estimate of drug-likeness (QED) is 0.783. The van der Waals surface area contributed by atoms with E-state index in [1.807, 2.05) is 0 Å². The van der Waals surface area contributed by atoms with Crippen molar-refractivity contribution in [1.29, 1.82) is 0 Å². The van der Waals surface area contributed by atoms with Gasteiger partial charge in [0.05, 0.1) is 0 Å². The molecule has 1 aliphatic carbocycles. The SMILES string of the molecule is CCCC(CCC)C(=O)NC1CCNC2(CCCCC2)C1. The van der Waals surface area contributed by atoms with Gasteiger partial charge in [-0.3, -0.25) is 4.79 Å². The van der Waals surface area contributed by atoms with Gasteiger partial charge in [0.25, 0.3) is 0 Å². The highest BCUT2D eigenvalue weighted by molar-refractivity contribution is 5.78. The second-order valence-electron chi connectivity index (χ2n) is 7.24. The van der Waals surface area contributed by atoms with Gasteiger partial charge in [0.15, 0.2) is 0 Å². The second kappa shape index (κ2) is 8.17. The summed E-state index contributed by atoms with van der Waals surface area (Å²) in [6.45, 7) is 5.42. The number of hydrogen-bond acceptors (Lipinski definition) is 2. The van der Waals surface area contributed by atoms with Crippen LogP contribution in [0.15, 0.2) is 0 Å². The Hall–Kier alpha value is -0.570. The van der Waals surface area contributed by atoms with Crippen LogP contribution in [-0.2, 0) is 4.79 Å². The summed E-state index contributed by atoms with van der Waals surface area (Å²) >= 11 is 0. The standard InChI is InChI=1S/C18H34N2O/c1-3-8-15(9-4-2)17(21)20-16-10-13-19-18(14-16)11-6-5-7-12-18/h15-16,19H,3-14H2,1-2H3,(H,20,21). The Bertz CT molecular complexity index is 312. The van der Waals surface area contributed by atoms with Gasteiger partial charge in [-0.05, 0) is 45.1 Å². The predicted molar refractivity (Wildman–Crippen MR) is 88.3 cm³/mol. The molecule has 1 saturated heterocycles. The smallest absolute Gasteiger partial charge is 0.223 e. The van der Waals surface area contributed by atoms with Gasteiger partial charge in [-0.2, -0.15) is 0 Å². The maximum absolute atomic E-state index is 12.5. The number of amides is 1. The molecule has 0 aromatic heterocycles. The van der Waals surface area contributed by atoms with Crippen LogP contribution in [0.25, 0.3) is 0 Å². The average Bonchev–Trinajstić information content (AvgIpc) is 2.48. The molecule has 0 aromatic carbocycles. The first-order valence-electron chi connectivity index (χ1n) is 9.24. The first-order valence-corrected chi connectivity index (χ1v) is 9.24. The number of piperidine rings is 1. The largest absolute Gasteiger partial charge is 0.353 e. The monoisotopic (exact) mass is 294 g/mol. The molecule has 0 aromatic rings. The van der Waals surface area contributed by atoms with Crippen molar-refractivity contribution < 1.29 is 4.79 Å². The van der Waals surface area contributed by atoms with Gasteiger partial charge in [-0.1, -0.05) is 46.0 Å². The van der Waals surface area contributed by atoms with Gasteiger partial charge in [0.1, 0.15) is 0 Å². The van der Waals surface area contributed by atoms with E-state index in [2.05, 4.69) is 24.5 Å². The minimum Gasteiger partial charge on any atom is -0.353 e. The Labute approximate surface area is 130 Å². The number of carbonyl (C=O) groups is 1. The Morgan fingerprint density at radius 2 is 1.86 bits per heavy atom. The van der Waals surface area contributed by atoms with Crippen molar-refractivity contribution in [3.63, 3.8) is 0 Å². The summed E-state index contributed by atoms with van der Waals surface area (Å²) in [4.78, 5) is 12.5. The summed E-state index contributed by atoms with van der Waals surface area (Å²) < 4.78 is 0. The number of carbonyl (C=O) groups excluding carboxylic acids is 1. The lowest BCUT2D eigenvalue weighted by atomic mass is 9.75. The third kappa shape index (κ3) is 4.70. The molecule has 1 amide bonds. The average molecular weight is 294 g/mol. The molecule has 3 nitrogen and oxygen atoms in total. The van der Waals surface area contributed by atoms with E-state index in [4.69, 9.17) is 0 Å². The third-order valence-electron chi connectivity index (χ3n) is 5.43. The van der Waals surface area contributed by atoms with E-state index in [0.29, 0.717) is 17.5 Å². The second-order valence-corrected chi connectivity index (χ2v) is 7.24. The van der Waals surface area contributed by atoms with Gasteiger partial charge in [-0.15, -0.1) is 0 Å². The van der Waals surface area contributed by atoms with Crippen LogP contribution in [0, 0.1) is 5.92 Å². The van der Waals surface area contributed by atoms with E-state index < -0.39 is 0 Å². The van der Waals surface area contributed by atoms with E-state index in [-0.39, 0.29) is 5.92 Å². The molecule has 2 N–H and O–H groups in total. The minimum atomic E-state index is 0.234. The van der Waals surface area contributed by atoms with E-state index in [9.17, 15) is 4.79 Å². The molecule has 3 heteroatoms. The van der Waals surface area contributed by atoms with Crippen LogP contribution < -0.4 is 10.6 Å². The highest BCUT2D eigenvalue weighted by atomic mass is 16.1. The summed E-state index contributed by atoms with van der Waals surface area (Å²) in [6.07, 6.45) is 13.2. The van der Waals surface area contributed by atoms with Crippen LogP contribution in [0.4, 0.5) is 0 Å². The van der Waals surface area contributed by atoms with E-state index >= 15 is 0 Å². The molecule has 1 heterocycles. The van der Waals surface area contributed by atoms with Gasteiger partial charge in [0.2, 0.25) is 5.91 Å². The first-order chi connectivity index (χ1) is 10.2. The fraction of sp³-hybridized carbons (Fsp3) is 0.944. The highest BCUT2D eigenvalue weighted by Crippen LogP contribution is 2.34. The molecule has 0 radical (unpaired) electrons. The maximum Gasteiger partial charge on any atom is 0.223 e. The summed E-state index contributed by atoms with van der Waals surface area (Å²) in [5, 5.41) is 7.15. The summed E-state index contributed by atoms with van der Waals surface area (Å²) in [7, 11) is 0. The van der Waals surface area contributed by atoms with Crippen LogP contribution >= 0.6 is 0 Å². The van der Waals surface area contributed by atoms with Crippen LogP contribution in [0.2, 0.25) is 0 Å². The molecule has 2 fully saturated rings. The maximum atomic E-state index is 12.5. The van der Waals surface area contributed by atoms with Crippen molar-refractivity contribution in [2.24, 2.45) is 5.92 Å². The Morgan fingerprint density at radius 1 is 1.19 bits per heavy atom. The lowest BCUT2D eigenvalue weighted by Crippen LogP contribution is -2.57. The van der Waals surface area contributed by atoms with Crippen molar-refractivity contribution in [2.75, 3.05) is 6.54 Å². The van der Waals surface area contributed by atoms with Crippen molar-refractivity contribution in [3.05, 3.63) is 0 Å². The highest BCUT2D eigenvalue weighted by Gasteiger charge is 2.37. The minimum absolute atomic E-state index is 0.234. The molecule has 1 unspecified atom stereocenters. The van der Waals surface area contributed by atoms with Gasteiger partial charge in [-0.25, -0.2) is 0 Å². The molecule has 2 rings (SSSR count). The third-order valence-corrected chi connectivity index (χ3v) is 5.43. The lowest BCUT2D eigenvalue weighted by molar-refractivity contribution is -0.126. The topological polar surface area (TPSA) is 41.1 Å². The number of hydrogen-bond donors (Lipinski definition) is 2. The summed E-state index contributed by atoms with van der Waals surface area (Å²) in [6, 6.07) is 0.396. The number of nitrogens with one attached hydrogen (secondary N) is 2. The molecule has 122 valence electrons. The Morgan fingerprint density at radius 3 is 2.48 bits per heavy atom. The van der Waals surface area contributed by atoms with Crippen LogP contribution in [0.3, 0.4) is 0 Å². The number of rotatable bonds is 6. The van der Waals surface area contributed by atoms with Crippen LogP contribution in [0.1, 0.15) is 84.5 Å². The van der Waals surface area contributed by atoms with Gasteiger partial charge >= 0.3 is 0 Å². The first kappa shape index (κ1) is 16.8. The van der Waals surface area contributed by atoms with Crippen molar-refractivity contribution in [2.45, 2.75) is 96.1 Å². The zero-order valence-electron chi connectivity index (χ0n) is 14.0. The predicted octanol–water partition coefficient (Wildman–Crippen LogP) is 3.77. The van der Waals surface area contributed by atoms with Crippen molar-refractivity contribution in [3.8, 4) is 0 Å². The fourth-order valence-corrected chi connectivity index (χ4v) is 4.31. The Balaban J connectivity index is 1.87. The molecular formula is C18H34N2O. The molecule has 1 atom stereocenters. The summed E-state index contributed by atoms with van der Waals surface area (Å²) in [5.74, 6) is 0.550. The molecular weight excluding hydrogens is 260 g/mol. The van der Waals surface area contributed by atoms with Crippen LogP contribution in [-0.4, -0.2) is 24.0 Å². The molecule has 2 aliphatic rings. The Kier molecular flexibility index (Phi) is 6.53. The molecule has 1 saturated carbocycles. The van der Waals surface area contributed by atoms with Gasteiger partial charge < -0.3 is 10.6 Å². The van der Waals surface area contributed by atoms with E-state index in [0.717, 1.165) is 45.1 Å². The van der Waals surface area contributed by atoms with E-state index in [1.165, 1.54) is 32.1 Å².